The van der Waals surface area contributed by atoms with Crippen molar-refractivity contribution in [2.45, 2.75) is 18.4 Å². The minimum absolute atomic E-state index is 0.479. The minimum Gasteiger partial charge on any atom is -0.497 e. The molecule has 0 aliphatic carbocycles. The molecule has 100 valence electrons. The molecule has 18 heavy (non-hydrogen) atoms. The second kappa shape index (κ2) is 5.46. The molecule has 5 heteroatoms. The van der Waals surface area contributed by atoms with Gasteiger partial charge in [-0.05, 0) is 12.1 Å². The normalized spacial score (nSPS) is 18.3. The molecule has 0 bridgehead atoms. The predicted molar refractivity (Wildman–Crippen MR) is 70.9 cm³/mol. The van der Waals surface area contributed by atoms with E-state index in [9.17, 15) is 5.11 Å². The molecule has 1 heterocycles. The van der Waals surface area contributed by atoms with Crippen LogP contribution in [0.4, 0.5) is 11.4 Å². The first-order chi connectivity index (χ1) is 8.63. The summed E-state index contributed by atoms with van der Waals surface area (Å²) in [6.07, 6.45) is 1.30. The highest BCUT2D eigenvalue weighted by atomic mass is 16.5. The van der Waals surface area contributed by atoms with Crippen LogP contribution in [0.3, 0.4) is 0 Å². The molecule has 1 fully saturated rings. The Balaban J connectivity index is 1.97. The Morgan fingerprint density at radius 2 is 2.17 bits per heavy atom. The monoisotopic (exact) mass is 252 g/mol. The smallest absolute Gasteiger partial charge is 0.121 e. The summed E-state index contributed by atoms with van der Waals surface area (Å²) in [6, 6.07) is 5.46. The largest absolute Gasteiger partial charge is 0.497 e. The van der Waals surface area contributed by atoms with Gasteiger partial charge in [0, 0.05) is 38.7 Å². The van der Waals surface area contributed by atoms with Gasteiger partial charge in [-0.3, -0.25) is 0 Å². The summed E-state index contributed by atoms with van der Waals surface area (Å²) < 4.78 is 10.3. The van der Waals surface area contributed by atoms with Crippen molar-refractivity contribution < 1.29 is 14.6 Å². The van der Waals surface area contributed by atoms with E-state index in [1.807, 2.05) is 12.1 Å². The number of aliphatic hydroxyl groups is 1. The number of rotatable bonds is 4. The Morgan fingerprint density at radius 3 is 2.78 bits per heavy atom. The maximum Gasteiger partial charge on any atom is 0.121 e. The van der Waals surface area contributed by atoms with E-state index >= 15 is 0 Å². The van der Waals surface area contributed by atoms with Crippen LogP contribution in [0.1, 0.15) is 12.8 Å². The molecule has 0 saturated carbocycles. The average Bonchev–Trinajstić information content (AvgIpc) is 2.38. The van der Waals surface area contributed by atoms with Crippen LogP contribution < -0.4 is 15.8 Å². The van der Waals surface area contributed by atoms with Crippen LogP contribution >= 0.6 is 0 Å². The molecule has 5 nitrogen and oxygen atoms in total. The van der Waals surface area contributed by atoms with Crippen molar-refractivity contribution in [3.05, 3.63) is 18.2 Å². The summed E-state index contributed by atoms with van der Waals surface area (Å²) in [6.45, 7) is 1.69. The van der Waals surface area contributed by atoms with Crippen LogP contribution in [0.15, 0.2) is 18.2 Å². The van der Waals surface area contributed by atoms with Gasteiger partial charge in [0.25, 0.3) is 0 Å². The quantitative estimate of drug-likeness (QED) is 0.703. The molecule has 0 amide bonds. The summed E-state index contributed by atoms with van der Waals surface area (Å²) in [5.74, 6) is 0.725. The number of nitrogens with two attached hydrogens (primary N) is 1. The maximum absolute atomic E-state index is 10.3. The van der Waals surface area contributed by atoms with Gasteiger partial charge in [-0.25, -0.2) is 0 Å². The van der Waals surface area contributed by atoms with Gasteiger partial charge in [0.05, 0.1) is 24.1 Å². The van der Waals surface area contributed by atoms with Gasteiger partial charge in [0.15, 0.2) is 0 Å². The summed E-state index contributed by atoms with van der Waals surface area (Å²) in [4.78, 5) is 0. The van der Waals surface area contributed by atoms with Gasteiger partial charge >= 0.3 is 0 Å². The Bertz CT molecular complexity index is 403. The van der Waals surface area contributed by atoms with Crippen molar-refractivity contribution in [1.29, 1.82) is 0 Å². The Hall–Kier alpha value is -1.46. The number of ether oxygens (including phenoxy) is 2. The van der Waals surface area contributed by atoms with E-state index in [0.29, 0.717) is 38.3 Å². The zero-order chi connectivity index (χ0) is 13.0. The van der Waals surface area contributed by atoms with Crippen molar-refractivity contribution in [3.8, 4) is 5.75 Å². The third-order valence-electron chi connectivity index (χ3n) is 3.29. The van der Waals surface area contributed by atoms with Gasteiger partial charge in [-0.15, -0.1) is 0 Å². The Labute approximate surface area is 107 Å². The van der Waals surface area contributed by atoms with E-state index in [-0.39, 0.29) is 0 Å². The highest BCUT2D eigenvalue weighted by Crippen LogP contribution is 2.26. The molecular weight excluding hydrogens is 232 g/mol. The molecule has 0 aromatic heterocycles. The number of hydrogen-bond acceptors (Lipinski definition) is 5. The van der Waals surface area contributed by atoms with Crippen molar-refractivity contribution in [2.75, 3.05) is 37.9 Å². The topological polar surface area (TPSA) is 76.7 Å². The third-order valence-corrected chi connectivity index (χ3v) is 3.29. The molecule has 4 N–H and O–H groups in total. The third kappa shape index (κ3) is 3.05. The van der Waals surface area contributed by atoms with Crippen LogP contribution in [0.2, 0.25) is 0 Å². The van der Waals surface area contributed by atoms with Gasteiger partial charge in [0.1, 0.15) is 5.75 Å². The van der Waals surface area contributed by atoms with Crippen LogP contribution in [0.5, 0.6) is 5.75 Å². The first-order valence-corrected chi connectivity index (χ1v) is 6.10. The number of methoxy groups -OCH3 is 1. The Morgan fingerprint density at radius 1 is 1.44 bits per heavy atom. The van der Waals surface area contributed by atoms with Crippen LogP contribution in [-0.4, -0.2) is 37.6 Å². The molecule has 2 rings (SSSR count). The molecule has 1 aromatic carbocycles. The number of nitrogens with one attached hydrogen (secondary N) is 1. The molecule has 0 radical (unpaired) electrons. The van der Waals surface area contributed by atoms with E-state index in [0.717, 1.165) is 11.4 Å². The fourth-order valence-electron chi connectivity index (χ4n) is 2.02. The van der Waals surface area contributed by atoms with Gasteiger partial charge < -0.3 is 25.6 Å². The highest BCUT2D eigenvalue weighted by Gasteiger charge is 2.29. The number of anilines is 2. The second-order valence-corrected chi connectivity index (χ2v) is 4.64. The fourth-order valence-corrected chi connectivity index (χ4v) is 2.02. The van der Waals surface area contributed by atoms with Crippen molar-refractivity contribution in [2.24, 2.45) is 0 Å². The fraction of sp³-hybridized carbons (Fsp3) is 0.538. The van der Waals surface area contributed by atoms with Crippen molar-refractivity contribution in [3.63, 3.8) is 0 Å². The van der Waals surface area contributed by atoms with Gasteiger partial charge in [0.2, 0.25) is 0 Å². The zero-order valence-corrected chi connectivity index (χ0v) is 10.6. The lowest BCUT2D eigenvalue weighted by atomic mass is 9.94. The first kappa shape index (κ1) is 13.0. The summed E-state index contributed by atoms with van der Waals surface area (Å²) in [5, 5.41) is 13.5. The van der Waals surface area contributed by atoms with Gasteiger partial charge in [-0.1, -0.05) is 0 Å². The Kier molecular flexibility index (Phi) is 3.93. The summed E-state index contributed by atoms with van der Waals surface area (Å²) in [5.41, 5.74) is 6.63. The first-order valence-electron chi connectivity index (χ1n) is 6.10. The molecular formula is C13H20N2O3. The van der Waals surface area contributed by atoms with Crippen molar-refractivity contribution >= 4 is 11.4 Å². The lowest BCUT2D eigenvalue weighted by molar-refractivity contribution is -0.0543. The number of nitrogen functional groups attached to an aromatic ring is 1. The lowest BCUT2D eigenvalue weighted by Gasteiger charge is -2.32. The zero-order valence-electron chi connectivity index (χ0n) is 10.6. The van der Waals surface area contributed by atoms with E-state index in [2.05, 4.69) is 5.32 Å². The molecule has 0 atom stereocenters. The average molecular weight is 252 g/mol. The molecule has 0 unspecified atom stereocenters. The minimum atomic E-state index is -0.704. The number of benzene rings is 1. The molecule has 1 aliphatic rings. The van der Waals surface area contributed by atoms with Gasteiger partial charge in [-0.2, -0.15) is 0 Å². The highest BCUT2D eigenvalue weighted by molar-refractivity contribution is 5.68. The van der Waals surface area contributed by atoms with E-state index in [1.54, 1.807) is 13.2 Å². The predicted octanol–water partition coefficient (Wildman–Crippen LogP) is 1.23. The maximum atomic E-state index is 10.3. The van der Waals surface area contributed by atoms with E-state index in [1.165, 1.54) is 0 Å². The van der Waals surface area contributed by atoms with Crippen molar-refractivity contribution in [1.82, 2.24) is 0 Å². The van der Waals surface area contributed by atoms with Crippen LogP contribution in [0.25, 0.3) is 0 Å². The molecule has 0 spiro atoms. The number of hydrogen-bond donors (Lipinski definition) is 3. The van der Waals surface area contributed by atoms with Crippen LogP contribution in [0, 0.1) is 0 Å². The summed E-state index contributed by atoms with van der Waals surface area (Å²) in [7, 11) is 1.60. The molecule has 1 saturated heterocycles. The van der Waals surface area contributed by atoms with Crippen LogP contribution in [-0.2, 0) is 4.74 Å². The van der Waals surface area contributed by atoms with E-state index < -0.39 is 5.60 Å². The SMILES string of the molecule is COc1ccc(NCC2(O)CCOCC2)c(N)c1. The lowest BCUT2D eigenvalue weighted by Crippen LogP contribution is -2.42. The standard InChI is InChI=1S/C13H20N2O3/c1-17-10-2-3-12(11(14)8-10)15-9-13(16)4-6-18-7-5-13/h2-3,8,15-16H,4-7,9,14H2,1H3. The van der Waals surface area contributed by atoms with E-state index in [4.69, 9.17) is 15.2 Å². The molecule has 1 aromatic rings. The molecule has 1 aliphatic heterocycles. The second-order valence-electron chi connectivity index (χ2n) is 4.64. The summed E-state index contributed by atoms with van der Waals surface area (Å²) >= 11 is 0.